The van der Waals surface area contributed by atoms with Crippen LogP contribution in [0.4, 0.5) is 20.3 Å². The van der Waals surface area contributed by atoms with Crippen molar-refractivity contribution in [3.8, 4) is 0 Å². The second-order valence-corrected chi connectivity index (χ2v) is 7.90. The molecule has 2 amide bonds. The van der Waals surface area contributed by atoms with Gasteiger partial charge in [0.25, 0.3) is 5.92 Å². The number of aryl methyl sites for hydroxylation is 1. The molecule has 1 aromatic carbocycles. The summed E-state index contributed by atoms with van der Waals surface area (Å²) in [5.41, 5.74) is 7.80. The van der Waals surface area contributed by atoms with Crippen molar-refractivity contribution in [2.24, 2.45) is 5.92 Å². The standard InChI is InChI=1S/C21H22F2N6O2.2H2/c1-11-6-13(8-25-18(11)24)27-19(30)20(31)29-10-12(2)21(22,23)7-17(29)14-4-3-5-16-15(14)9-26-28-16;;/h3-6,8-9,12,17H,7,10H2,1-2H3,(H2,24,25)(H,26,28)(H,27,30);2*1H/t12-,17-;;/m0../s1. The van der Waals surface area contributed by atoms with Gasteiger partial charge in [-0.05, 0) is 30.2 Å². The van der Waals surface area contributed by atoms with Crippen molar-refractivity contribution >= 4 is 34.2 Å². The van der Waals surface area contributed by atoms with Gasteiger partial charge in [-0.3, -0.25) is 14.7 Å². The Bertz CT molecular complexity index is 1170. The molecule has 4 N–H and O–H groups in total. The summed E-state index contributed by atoms with van der Waals surface area (Å²) < 4.78 is 29.3. The molecule has 1 aliphatic heterocycles. The number of benzene rings is 1. The number of halogens is 2. The minimum absolute atomic E-state index is 0. The summed E-state index contributed by atoms with van der Waals surface area (Å²) in [4.78, 5) is 30.9. The summed E-state index contributed by atoms with van der Waals surface area (Å²) in [5, 5.41) is 9.90. The molecule has 0 spiro atoms. The first kappa shape index (κ1) is 20.7. The number of nitrogen functional groups attached to an aromatic ring is 1. The summed E-state index contributed by atoms with van der Waals surface area (Å²) in [6.45, 7) is 2.84. The number of anilines is 2. The van der Waals surface area contributed by atoms with Crippen LogP contribution in [-0.4, -0.2) is 44.4 Å². The second kappa shape index (κ2) is 7.60. The second-order valence-electron chi connectivity index (χ2n) is 7.90. The Hall–Kier alpha value is -3.56. The SMILES string of the molecule is Cc1cc(NC(=O)C(=O)N2C[C@H](C)C(F)(F)C[C@H]2c2cccc3[nH]ncc23)cnc1N.[HH].[HH]. The molecule has 0 unspecified atom stereocenters. The Kier molecular flexibility index (Phi) is 5.08. The maximum Gasteiger partial charge on any atom is 0.313 e. The lowest BCUT2D eigenvalue weighted by molar-refractivity contribution is -0.158. The molecule has 1 fully saturated rings. The van der Waals surface area contributed by atoms with Gasteiger partial charge < -0.3 is 16.0 Å². The summed E-state index contributed by atoms with van der Waals surface area (Å²) >= 11 is 0. The smallest absolute Gasteiger partial charge is 0.313 e. The Morgan fingerprint density at radius 1 is 1.35 bits per heavy atom. The molecule has 2 atom stereocenters. The molecule has 31 heavy (non-hydrogen) atoms. The number of hydrogen-bond donors (Lipinski definition) is 3. The zero-order valence-corrected chi connectivity index (χ0v) is 17.0. The number of alkyl halides is 2. The number of likely N-dealkylation sites (tertiary alicyclic amines) is 1. The van der Waals surface area contributed by atoms with E-state index in [4.69, 9.17) is 5.73 Å². The van der Waals surface area contributed by atoms with E-state index in [2.05, 4.69) is 20.5 Å². The number of H-pyrrole nitrogens is 1. The average Bonchev–Trinajstić information content (AvgIpc) is 3.21. The highest BCUT2D eigenvalue weighted by Crippen LogP contribution is 2.44. The van der Waals surface area contributed by atoms with Gasteiger partial charge >= 0.3 is 11.8 Å². The third kappa shape index (κ3) is 3.80. The van der Waals surface area contributed by atoms with E-state index in [1.807, 2.05) is 0 Å². The minimum atomic E-state index is -2.98. The molecule has 3 aromatic rings. The topological polar surface area (TPSA) is 117 Å². The molecule has 1 aliphatic rings. The van der Waals surface area contributed by atoms with Gasteiger partial charge in [0.15, 0.2) is 0 Å². The average molecular weight is 432 g/mol. The molecule has 4 rings (SSSR count). The number of aromatic amines is 1. The number of nitrogens with two attached hydrogens (primary N) is 1. The molecular formula is C21H26F2N6O2. The van der Waals surface area contributed by atoms with Gasteiger partial charge in [0, 0.05) is 27.1 Å². The lowest BCUT2D eigenvalue weighted by atomic mass is 9.85. The highest BCUT2D eigenvalue weighted by atomic mass is 19.3. The Balaban J connectivity index is 0.00000193. The van der Waals surface area contributed by atoms with Crippen LogP contribution in [0.2, 0.25) is 0 Å². The molecule has 0 aliphatic carbocycles. The van der Waals surface area contributed by atoms with E-state index in [1.165, 1.54) is 24.2 Å². The van der Waals surface area contributed by atoms with Crippen molar-refractivity contribution in [2.75, 3.05) is 17.6 Å². The van der Waals surface area contributed by atoms with Crippen LogP contribution in [0.5, 0.6) is 0 Å². The summed E-state index contributed by atoms with van der Waals surface area (Å²) in [7, 11) is 0. The van der Waals surface area contributed by atoms with E-state index in [0.717, 1.165) is 0 Å². The highest BCUT2D eigenvalue weighted by molar-refractivity contribution is 6.39. The lowest BCUT2D eigenvalue weighted by Crippen LogP contribution is -2.52. The molecule has 166 valence electrons. The monoisotopic (exact) mass is 432 g/mol. The maximum atomic E-state index is 14.6. The van der Waals surface area contributed by atoms with Gasteiger partial charge in [0.05, 0.1) is 29.6 Å². The zero-order chi connectivity index (χ0) is 22.3. The van der Waals surface area contributed by atoms with E-state index in [9.17, 15) is 18.4 Å². The van der Waals surface area contributed by atoms with Crippen LogP contribution in [0, 0.1) is 12.8 Å². The fraction of sp³-hybridized carbons (Fsp3) is 0.333. The van der Waals surface area contributed by atoms with E-state index < -0.39 is 36.1 Å². The van der Waals surface area contributed by atoms with E-state index in [-0.39, 0.29) is 9.40 Å². The first-order valence-electron chi connectivity index (χ1n) is 9.81. The number of nitrogens with one attached hydrogen (secondary N) is 2. The maximum absolute atomic E-state index is 14.6. The van der Waals surface area contributed by atoms with Crippen molar-refractivity contribution in [1.82, 2.24) is 20.1 Å². The third-order valence-electron chi connectivity index (χ3n) is 5.74. The van der Waals surface area contributed by atoms with Gasteiger partial charge in [-0.15, -0.1) is 0 Å². The van der Waals surface area contributed by atoms with Crippen LogP contribution in [0.3, 0.4) is 0 Å². The van der Waals surface area contributed by atoms with Crippen LogP contribution < -0.4 is 11.1 Å². The molecule has 10 heteroatoms. The molecular weight excluding hydrogens is 406 g/mol. The summed E-state index contributed by atoms with van der Waals surface area (Å²) in [6.07, 6.45) is 2.29. The number of carbonyl (C=O) groups excluding carboxylic acids is 2. The fourth-order valence-electron chi connectivity index (χ4n) is 3.88. The van der Waals surface area contributed by atoms with Crippen molar-refractivity contribution < 1.29 is 21.2 Å². The number of fused-ring (bicyclic) bond motifs is 1. The normalized spacial score (nSPS) is 20.6. The van der Waals surface area contributed by atoms with Crippen LogP contribution in [-0.2, 0) is 9.59 Å². The summed E-state index contributed by atoms with van der Waals surface area (Å²) in [5.74, 6) is -5.58. The fourth-order valence-corrected chi connectivity index (χ4v) is 3.88. The predicted octanol–water partition coefficient (Wildman–Crippen LogP) is 3.52. The zero-order valence-electron chi connectivity index (χ0n) is 17.0. The number of rotatable bonds is 2. The van der Waals surface area contributed by atoms with Gasteiger partial charge in [-0.1, -0.05) is 19.1 Å². The van der Waals surface area contributed by atoms with Crippen LogP contribution in [0.1, 0.15) is 33.4 Å². The number of piperidine rings is 1. The van der Waals surface area contributed by atoms with Crippen molar-refractivity contribution in [3.05, 3.63) is 47.8 Å². The van der Waals surface area contributed by atoms with Gasteiger partial charge in [-0.2, -0.15) is 5.10 Å². The molecule has 2 aromatic heterocycles. The first-order chi connectivity index (χ1) is 14.7. The number of hydrogen-bond acceptors (Lipinski definition) is 5. The number of nitrogens with zero attached hydrogens (tertiary/aromatic N) is 3. The molecule has 3 heterocycles. The number of pyridine rings is 1. The lowest BCUT2D eigenvalue weighted by Gasteiger charge is -2.42. The summed E-state index contributed by atoms with van der Waals surface area (Å²) in [6, 6.07) is 5.77. The van der Waals surface area contributed by atoms with Gasteiger partial charge in [-0.25, -0.2) is 13.8 Å². The van der Waals surface area contributed by atoms with E-state index >= 15 is 0 Å². The van der Waals surface area contributed by atoms with E-state index in [1.54, 1.807) is 31.2 Å². The number of amides is 2. The molecule has 8 nitrogen and oxygen atoms in total. The predicted molar refractivity (Wildman–Crippen MR) is 116 cm³/mol. The van der Waals surface area contributed by atoms with Crippen LogP contribution in [0.15, 0.2) is 36.7 Å². The van der Waals surface area contributed by atoms with Crippen LogP contribution in [0.25, 0.3) is 10.9 Å². The van der Waals surface area contributed by atoms with Gasteiger partial charge in [0.1, 0.15) is 5.82 Å². The molecule has 0 radical (unpaired) electrons. The van der Waals surface area contributed by atoms with Gasteiger partial charge in [0.2, 0.25) is 0 Å². The Morgan fingerprint density at radius 2 is 2.13 bits per heavy atom. The Morgan fingerprint density at radius 3 is 2.87 bits per heavy atom. The van der Waals surface area contributed by atoms with Crippen molar-refractivity contribution in [3.63, 3.8) is 0 Å². The van der Waals surface area contributed by atoms with Crippen molar-refractivity contribution in [2.45, 2.75) is 32.2 Å². The molecule has 0 bridgehead atoms. The van der Waals surface area contributed by atoms with E-state index in [0.29, 0.717) is 33.5 Å². The third-order valence-corrected chi connectivity index (χ3v) is 5.74. The quantitative estimate of drug-likeness (QED) is 0.536. The molecule has 0 saturated carbocycles. The number of carbonyl (C=O) groups is 2. The van der Waals surface area contributed by atoms with Crippen molar-refractivity contribution in [1.29, 1.82) is 0 Å². The molecule has 1 saturated heterocycles. The highest BCUT2D eigenvalue weighted by Gasteiger charge is 2.49. The largest absolute Gasteiger partial charge is 0.383 e. The first-order valence-corrected chi connectivity index (χ1v) is 9.81. The number of aromatic nitrogens is 3. The Labute approximate surface area is 179 Å². The minimum Gasteiger partial charge on any atom is -0.383 e. The van der Waals surface area contributed by atoms with Crippen LogP contribution >= 0.6 is 0 Å².